The van der Waals surface area contributed by atoms with Crippen LogP contribution in [0, 0.1) is 13.8 Å². The van der Waals surface area contributed by atoms with Gasteiger partial charge in [-0.1, -0.05) is 0 Å². The van der Waals surface area contributed by atoms with Crippen LogP contribution in [0.4, 0.5) is 5.69 Å². The number of rotatable bonds is 3. The van der Waals surface area contributed by atoms with E-state index in [1.807, 2.05) is 38.0 Å². The first kappa shape index (κ1) is 13.1. The largest absolute Gasteiger partial charge is 0.376 e. The van der Waals surface area contributed by atoms with Gasteiger partial charge in [-0.2, -0.15) is 5.10 Å². The van der Waals surface area contributed by atoms with E-state index in [4.69, 9.17) is 0 Å². The zero-order valence-electron chi connectivity index (χ0n) is 12.0. The van der Waals surface area contributed by atoms with Gasteiger partial charge in [-0.25, -0.2) is 9.97 Å². The van der Waals surface area contributed by atoms with Gasteiger partial charge in [0.15, 0.2) is 5.65 Å². The molecule has 0 spiro atoms. The summed E-state index contributed by atoms with van der Waals surface area (Å²) in [5.74, 6) is 0. The number of anilines is 1. The summed E-state index contributed by atoms with van der Waals surface area (Å²) < 4.78 is 1.81. The van der Waals surface area contributed by atoms with Crippen LogP contribution in [0.1, 0.15) is 28.5 Å². The van der Waals surface area contributed by atoms with E-state index in [0.717, 1.165) is 27.4 Å². The molecule has 6 heteroatoms. The molecule has 5 nitrogen and oxygen atoms in total. The smallest absolute Gasteiger partial charge is 0.157 e. The predicted octanol–water partition coefficient (Wildman–Crippen LogP) is 3.21. The maximum Gasteiger partial charge on any atom is 0.157 e. The quantitative estimate of drug-likeness (QED) is 0.803. The first-order valence-corrected chi connectivity index (χ1v) is 7.34. The van der Waals surface area contributed by atoms with Crippen molar-refractivity contribution in [3.05, 3.63) is 34.0 Å². The minimum absolute atomic E-state index is 0.220. The maximum atomic E-state index is 4.48. The van der Waals surface area contributed by atoms with Crippen LogP contribution >= 0.6 is 11.3 Å². The zero-order chi connectivity index (χ0) is 14.3. The second-order valence-corrected chi connectivity index (χ2v) is 6.22. The van der Waals surface area contributed by atoms with Gasteiger partial charge >= 0.3 is 0 Å². The van der Waals surface area contributed by atoms with Crippen LogP contribution in [-0.2, 0) is 7.05 Å². The van der Waals surface area contributed by atoms with Crippen molar-refractivity contribution in [3.8, 4) is 0 Å². The van der Waals surface area contributed by atoms with Crippen molar-refractivity contribution in [2.45, 2.75) is 26.8 Å². The Balaban J connectivity index is 1.89. The summed E-state index contributed by atoms with van der Waals surface area (Å²) >= 11 is 1.72. The molecule has 0 unspecified atom stereocenters. The van der Waals surface area contributed by atoms with Crippen molar-refractivity contribution in [1.82, 2.24) is 19.7 Å². The molecule has 0 aliphatic heterocycles. The molecular weight excluding hydrogens is 270 g/mol. The van der Waals surface area contributed by atoms with Gasteiger partial charge in [-0.05, 0) is 26.8 Å². The number of pyridine rings is 1. The highest BCUT2D eigenvalue weighted by atomic mass is 32.1. The lowest BCUT2D eigenvalue weighted by Crippen LogP contribution is -2.05. The number of aryl methyl sites for hydroxylation is 3. The number of thiazole rings is 1. The van der Waals surface area contributed by atoms with E-state index in [0.29, 0.717) is 0 Å². The SMILES string of the molecule is Cc1ncc([C@H](C)Nc2cnc3c(c2)c(C)nn3C)s1. The fourth-order valence-electron chi connectivity index (χ4n) is 2.29. The molecule has 3 rings (SSSR count). The van der Waals surface area contributed by atoms with Crippen molar-refractivity contribution in [2.24, 2.45) is 7.05 Å². The van der Waals surface area contributed by atoms with Crippen molar-refractivity contribution in [1.29, 1.82) is 0 Å². The van der Waals surface area contributed by atoms with Crippen LogP contribution in [0.2, 0.25) is 0 Å². The van der Waals surface area contributed by atoms with Gasteiger partial charge in [0, 0.05) is 23.5 Å². The Labute approximate surface area is 121 Å². The molecule has 0 saturated carbocycles. The average molecular weight is 287 g/mol. The topological polar surface area (TPSA) is 55.6 Å². The van der Waals surface area contributed by atoms with Crippen molar-refractivity contribution >= 4 is 28.1 Å². The minimum atomic E-state index is 0.220. The third-order valence-corrected chi connectivity index (χ3v) is 4.41. The molecular formula is C14H17N5S. The van der Waals surface area contributed by atoms with Crippen LogP contribution in [0.3, 0.4) is 0 Å². The summed E-state index contributed by atoms with van der Waals surface area (Å²) in [5.41, 5.74) is 2.92. The van der Waals surface area contributed by atoms with Gasteiger partial charge in [0.05, 0.1) is 28.6 Å². The molecule has 3 heterocycles. The monoisotopic (exact) mass is 287 g/mol. The highest BCUT2D eigenvalue weighted by Gasteiger charge is 2.11. The van der Waals surface area contributed by atoms with Crippen molar-refractivity contribution < 1.29 is 0 Å². The lowest BCUT2D eigenvalue weighted by atomic mass is 10.2. The molecule has 0 fully saturated rings. The molecule has 3 aromatic heterocycles. The van der Waals surface area contributed by atoms with E-state index in [1.165, 1.54) is 4.88 Å². The Hall–Kier alpha value is -1.95. The van der Waals surface area contributed by atoms with E-state index in [-0.39, 0.29) is 6.04 Å². The van der Waals surface area contributed by atoms with Gasteiger partial charge in [-0.3, -0.25) is 4.68 Å². The van der Waals surface area contributed by atoms with E-state index >= 15 is 0 Å². The first-order chi connectivity index (χ1) is 9.54. The van der Waals surface area contributed by atoms with Crippen molar-refractivity contribution in [2.75, 3.05) is 5.32 Å². The molecule has 1 N–H and O–H groups in total. The number of hydrogen-bond acceptors (Lipinski definition) is 5. The van der Waals surface area contributed by atoms with Gasteiger partial charge in [0.25, 0.3) is 0 Å². The first-order valence-electron chi connectivity index (χ1n) is 6.53. The summed E-state index contributed by atoms with van der Waals surface area (Å²) in [7, 11) is 1.91. The molecule has 0 amide bonds. The number of aromatic nitrogens is 4. The third kappa shape index (κ3) is 2.27. The molecule has 0 aromatic carbocycles. The molecule has 3 aromatic rings. The summed E-state index contributed by atoms with van der Waals surface area (Å²) in [5, 5.41) is 10.0. The normalized spacial score (nSPS) is 12.8. The summed E-state index contributed by atoms with van der Waals surface area (Å²) in [6.07, 6.45) is 3.78. The lowest BCUT2D eigenvalue weighted by molar-refractivity contribution is 0.774. The number of hydrogen-bond donors (Lipinski definition) is 1. The van der Waals surface area contributed by atoms with Gasteiger partial charge in [-0.15, -0.1) is 11.3 Å². The second-order valence-electron chi connectivity index (χ2n) is 4.95. The fraction of sp³-hybridized carbons (Fsp3) is 0.357. The molecule has 0 saturated heterocycles. The molecule has 0 radical (unpaired) electrons. The van der Waals surface area contributed by atoms with E-state index in [1.54, 1.807) is 11.3 Å². The molecule has 20 heavy (non-hydrogen) atoms. The average Bonchev–Trinajstić information content (AvgIpc) is 2.95. The number of fused-ring (bicyclic) bond motifs is 1. The van der Waals surface area contributed by atoms with Crippen LogP contribution < -0.4 is 5.32 Å². The number of nitrogens with one attached hydrogen (secondary N) is 1. The Bertz CT molecular complexity index is 758. The molecule has 1 atom stereocenters. The molecule has 0 bridgehead atoms. The van der Waals surface area contributed by atoms with Crippen molar-refractivity contribution in [3.63, 3.8) is 0 Å². The molecule has 104 valence electrons. The third-order valence-electron chi connectivity index (χ3n) is 3.31. The standard InChI is InChI=1S/C14H17N5S/c1-8-12-5-11(6-16-14(12)19(4)18-8)17-9(2)13-7-15-10(3)20-13/h5-7,9,17H,1-4H3/t9-/m0/s1. The van der Waals surface area contributed by atoms with Crippen LogP contribution in [0.5, 0.6) is 0 Å². The van der Waals surface area contributed by atoms with Crippen LogP contribution in [-0.4, -0.2) is 19.7 Å². The highest BCUT2D eigenvalue weighted by molar-refractivity contribution is 7.11. The fourth-order valence-corrected chi connectivity index (χ4v) is 3.07. The Morgan fingerprint density at radius 3 is 2.75 bits per heavy atom. The van der Waals surface area contributed by atoms with E-state index < -0.39 is 0 Å². The number of nitrogens with zero attached hydrogens (tertiary/aromatic N) is 4. The Kier molecular flexibility index (Phi) is 3.17. The molecule has 0 aliphatic rings. The maximum absolute atomic E-state index is 4.48. The van der Waals surface area contributed by atoms with Crippen LogP contribution in [0.25, 0.3) is 11.0 Å². The molecule has 0 aliphatic carbocycles. The van der Waals surface area contributed by atoms with Gasteiger partial charge in [0.2, 0.25) is 0 Å². The summed E-state index contributed by atoms with van der Waals surface area (Å²) in [6.45, 7) is 6.16. The highest BCUT2D eigenvalue weighted by Crippen LogP contribution is 2.26. The second kappa shape index (κ2) is 4.86. The lowest BCUT2D eigenvalue weighted by Gasteiger charge is -2.13. The Morgan fingerprint density at radius 1 is 1.25 bits per heavy atom. The summed E-state index contributed by atoms with van der Waals surface area (Å²) in [6, 6.07) is 2.33. The Morgan fingerprint density at radius 2 is 2.05 bits per heavy atom. The van der Waals surface area contributed by atoms with Crippen LogP contribution in [0.15, 0.2) is 18.5 Å². The summed E-state index contributed by atoms with van der Waals surface area (Å²) in [4.78, 5) is 10.0. The predicted molar refractivity (Wildman–Crippen MR) is 82.1 cm³/mol. The minimum Gasteiger partial charge on any atom is -0.376 e. The van der Waals surface area contributed by atoms with Gasteiger partial charge in [0.1, 0.15) is 0 Å². The van der Waals surface area contributed by atoms with E-state index in [2.05, 4.69) is 33.4 Å². The van der Waals surface area contributed by atoms with E-state index in [9.17, 15) is 0 Å². The van der Waals surface area contributed by atoms with Gasteiger partial charge < -0.3 is 5.32 Å². The zero-order valence-corrected chi connectivity index (χ0v) is 12.8.